The molecule has 3 aromatic carbocycles. The lowest BCUT2D eigenvalue weighted by Crippen LogP contribution is -2.51. The SMILES string of the molecule is CN(C)C(O)C1=C(Cl)[C@@H](OCc2ccccc2)[C@H](OCc2ccccc2)[C@@H](COCc2ccccc2)O1. The van der Waals surface area contributed by atoms with E-state index in [2.05, 4.69) is 0 Å². The molecule has 0 bridgehead atoms. The van der Waals surface area contributed by atoms with E-state index in [9.17, 15) is 5.11 Å². The van der Waals surface area contributed by atoms with Gasteiger partial charge in [-0.3, -0.25) is 4.90 Å². The topological polar surface area (TPSA) is 60.4 Å². The first-order valence-electron chi connectivity index (χ1n) is 12.4. The molecule has 1 heterocycles. The molecule has 0 saturated carbocycles. The van der Waals surface area contributed by atoms with Crippen molar-refractivity contribution in [2.75, 3.05) is 20.7 Å². The average molecular weight is 524 g/mol. The highest BCUT2D eigenvalue weighted by molar-refractivity contribution is 6.30. The van der Waals surface area contributed by atoms with Crippen molar-refractivity contribution >= 4 is 11.6 Å². The number of benzene rings is 3. The lowest BCUT2D eigenvalue weighted by atomic mass is 10.0. The van der Waals surface area contributed by atoms with Gasteiger partial charge in [0.05, 0.1) is 31.5 Å². The van der Waals surface area contributed by atoms with Crippen molar-refractivity contribution in [1.29, 1.82) is 0 Å². The van der Waals surface area contributed by atoms with Gasteiger partial charge >= 0.3 is 0 Å². The van der Waals surface area contributed by atoms with Gasteiger partial charge in [-0.05, 0) is 30.8 Å². The molecule has 196 valence electrons. The quantitative estimate of drug-likeness (QED) is 0.333. The predicted octanol–water partition coefficient (Wildman–Crippen LogP) is 5.10. The summed E-state index contributed by atoms with van der Waals surface area (Å²) in [6, 6.07) is 29.7. The van der Waals surface area contributed by atoms with Crippen molar-refractivity contribution in [2.45, 2.75) is 44.4 Å². The van der Waals surface area contributed by atoms with Crippen LogP contribution in [0, 0.1) is 0 Å². The lowest BCUT2D eigenvalue weighted by Gasteiger charge is -2.40. The normalized spacial score (nSPS) is 20.6. The summed E-state index contributed by atoms with van der Waals surface area (Å²) in [5.74, 6) is 0.248. The van der Waals surface area contributed by atoms with Crippen molar-refractivity contribution in [3.63, 3.8) is 0 Å². The first kappa shape index (κ1) is 27.3. The molecule has 3 aromatic rings. The first-order chi connectivity index (χ1) is 18.0. The van der Waals surface area contributed by atoms with E-state index in [-0.39, 0.29) is 17.4 Å². The zero-order valence-corrected chi connectivity index (χ0v) is 22.0. The third kappa shape index (κ3) is 7.65. The van der Waals surface area contributed by atoms with E-state index >= 15 is 0 Å². The van der Waals surface area contributed by atoms with Gasteiger partial charge in [-0.25, -0.2) is 0 Å². The van der Waals surface area contributed by atoms with Crippen molar-refractivity contribution in [1.82, 2.24) is 4.90 Å². The minimum atomic E-state index is -1.04. The fourth-order valence-electron chi connectivity index (χ4n) is 4.07. The van der Waals surface area contributed by atoms with Gasteiger partial charge in [0.2, 0.25) is 0 Å². The summed E-state index contributed by atoms with van der Waals surface area (Å²) in [5.41, 5.74) is 3.08. The van der Waals surface area contributed by atoms with Crippen LogP contribution in [0.3, 0.4) is 0 Å². The number of nitrogens with zero attached hydrogens (tertiary/aromatic N) is 1. The van der Waals surface area contributed by atoms with Gasteiger partial charge in [0.15, 0.2) is 18.1 Å². The Hall–Kier alpha value is -2.71. The van der Waals surface area contributed by atoms with Gasteiger partial charge in [0.1, 0.15) is 12.2 Å². The van der Waals surface area contributed by atoms with E-state index in [1.165, 1.54) is 0 Å². The van der Waals surface area contributed by atoms with E-state index in [4.69, 9.17) is 30.5 Å². The number of likely N-dealkylation sites (N-methyl/N-ethyl adjacent to an activating group) is 1. The molecule has 0 spiro atoms. The maximum Gasteiger partial charge on any atom is 0.166 e. The number of aliphatic hydroxyl groups excluding tert-OH is 1. The van der Waals surface area contributed by atoms with E-state index in [0.717, 1.165) is 16.7 Å². The van der Waals surface area contributed by atoms with Crippen molar-refractivity contribution in [3.05, 3.63) is 118 Å². The molecule has 0 fully saturated rings. The fourth-order valence-corrected chi connectivity index (χ4v) is 4.40. The van der Waals surface area contributed by atoms with Crippen LogP contribution in [0.25, 0.3) is 0 Å². The fraction of sp³-hybridized carbons (Fsp3) is 0.333. The van der Waals surface area contributed by atoms with E-state index in [1.807, 2.05) is 91.0 Å². The highest BCUT2D eigenvalue weighted by atomic mass is 35.5. The van der Waals surface area contributed by atoms with Crippen LogP contribution in [0.4, 0.5) is 0 Å². The number of ether oxygens (including phenoxy) is 4. The molecule has 1 N–H and O–H groups in total. The molecule has 4 atom stereocenters. The molecule has 6 nitrogen and oxygen atoms in total. The number of hydrogen-bond donors (Lipinski definition) is 1. The van der Waals surface area contributed by atoms with Gasteiger partial charge in [-0.2, -0.15) is 0 Å². The Morgan fingerprint density at radius 1 is 0.784 bits per heavy atom. The molecule has 0 radical (unpaired) electrons. The smallest absolute Gasteiger partial charge is 0.166 e. The molecule has 0 saturated heterocycles. The Bertz CT molecular complexity index is 1110. The van der Waals surface area contributed by atoms with Gasteiger partial charge in [-0.1, -0.05) is 103 Å². The predicted molar refractivity (Wildman–Crippen MR) is 144 cm³/mol. The summed E-state index contributed by atoms with van der Waals surface area (Å²) in [7, 11) is 3.51. The van der Waals surface area contributed by atoms with Crippen LogP contribution in [0.2, 0.25) is 0 Å². The van der Waals surface area contributed by atoms with E-state index in [0.29, 0.717) is 19.8 Å². The maximum absolute atomic E-state index is 10.9. The Kier molecular flexibility index (Phi) is 10.1. The molecule has 1 aliphatic rings. The van der Waals surface area contributed by atoms with Crippen molar-refractivity contribution in [2.24, 2.45) is 0 Å². The number of halogens is 1. The number of rotatable bonds is 12. The van der Waals surface area contributed by atoms with Crippen molar-refractivity contribution < 1.29 is 24.1 Å². The Morgan fingerprint density at radius 2 is 1.27 bits per heavy atom. The first-order valence-corrected chi connectivity index (χ1v) is 12.7. The van der Waals surface area contributed by atoms with E-state index < -0.39 is 24.5 Å². The molecular formula is C30H34ClNO5. The van der Waals surface area contributed by atoms with Gasteiger partial charge < -0.3 is 24.1 Å². The average Bonchev–Trinajstić information content (AvgIpc) is 2.93. The minimum Gasteiger partial charge on any atom is -0.484 e. The Morgan fingerprint density at radius 3 is 1.78 bits per heavy atom. The van der Waals surface area contributed by atoms with E-state index in [1.54, 1.807) is 19.0 Å². The summed E-state index contributed by atoms with van der Waals surface area (Å²) in [6.45, 7) is 1.33. The van der Waals surface area contributed by atoms with Gasteiger partial charge in [-0.15, -0.1) is 0 Å². The summed E-state index contributed by atoms with van der Waals surface area (Å²) in [4.78, 5) is 1.62. The second-order valence-electron chi connectivity index (χ2n) is 9.18. The summed E-state index contributed by atoms with van der Waals surface area (Å²) < 4.78 is 25.1. The lowest BCUT2D eigenvalue weighted by molar-refractivity contribution is -0.167. The summed E-state index contributed by atoms with van der Waals surface area (Å²) in [5, 5.41) is 11.1. The van der Waals surface area contributed by atoms with Crippen molar-refractivity contribution in [3.8, 4) is 0 Å². The largest absolute Gasteiger partial charge is 0.484 e. The van der Waals surface area contributed by atoms with Crippen LogP contribution >= 0.6 is 11.6 Å². The molecule has 37 heavy (non-hydrogen) atoms. The second-order valence-corrected chi connectivity index (χ2v) is 9.59. The van der Waals surface area contributed by atoms with Crippen LogP contribution < -0.4 is 0 Å². The third-order valence-electron chi connectivity index (χ3n) is 6.10. The molecule has 1 aliphatic heterocycles. The molecule has 0 amide bonds. The minimum absolute atomic E-state index is 0.230. The number of hydrogen-bond acceptors (Lipinski definition) is 6. The van der Waals surface area contributed by atoms with Gasteiger partial charge in [0, 0.05) is 0 Å². The molecule has 0 aliphatic carbocycles. The molecule has 4 rings (SSSR count). The highest BCUT2D eigenvalue weighted by Gasteiger charge is 2.43. The standard InChI is InChI=1S/C30H34ClNO5/c1-32(2)30(33)29-26(31)28(36-20-24-16-10-5-11-17-24)27(35-19-23-14-8-4-9-15-23)25(37-29)21-34-18-22-12-6-3-7-13-22/h3-17,25,27-28,30,33H,18-21H2,1-2H3/t25-,27-,28-,30?/m1/s1. The Labute approximate surface area is 224 Å². The second kappa shape index (κ2) is 13.7. The van der Waals surface area contributed by atoms with Crippen LogP contribution in [0.15, 0.2) is 102 Å². The van der Waals surface area contributed by atoms with Crippen LogP contribution in [-0.2, 0) is 38.8 Å². The van der Waals surface area contributed by atoms with Crippen LogP contribution in [0.5, 0.6) is 0 Å². The van der Waals surface area contributed by atoms with Crippen LogP contribution in [-0.4, -0.2) is 55.2 Å². The number of aliphatic hydroxyl groups is 1. The molecular weight excluding hydrogens is 490 g/mol. The Balaban J connectivity index is 1.58. The zero-order valence-electron chi connectivity index (χ0n) is 21.2. The zero-order chi connectivity index (χ0) is 26.0. The highest BCUT2D eigenvalue weighted by Crippen LogP contribution is 2.35. The summed E-state index contributed by atoms with van der Waals surface area (Å²) >= 11 is 6.85. The molecule has 7 heteroatoms. The van der Waals surface area contributed by atoms with Gasteiger partial charge in [0.25, 0.3) is 0 Å². The maximum atomic E-state index is 10.9. The monoisotopic (exact) mass is 523 g/mol. The molecule has 1 unspecified atom stereocenters. The third-order valence-corrected chi connectivity index (χ3v) is 6.50. The summed E-state index contributed by atoms with van der Waals surface area (Å²) in [6.07, 6.45) is -2.82. The molecule has 0 aromatic heterocycles. The van der Waals surface area contributed by atoms with Crippen LogP contribution in [0.1, 0.15) is 16.7 Å².